The molecular formula is C10H12BrNO2S. The number of aryl methyl sites for hydroxylation is 1. The Labute approximate surface area is 101 Å². The van der Waals surface area contributed by atoms with E-state index in [2.05, 4.69) is 21.2 Å². The van der Waals surface area contributed by atoms with Crippen LogP contribution in [0.25, 0.3) is 0 Å². The van der Waals surface area contributed by atoms with Crippen molar-refractivity contribution < 1.29 is 9.53 Å². The number of thiophene rings is 1. The van der Waals surface area contributed by atoms with Crippen LogP contribution in [0.5, 0.6) is 0 Å². The molecule has 1 amide bonds. The highest BCUT2D eigenvalue weighted by Crippen LogP contribution is 2.27. The minimum absolute atomic E-state index is 0.00398. The van der Waals surface area contributed by atoms with E-state index in [0.717, 1.165) is 27.3 Å². The van der Waals surface area contributed by atoms with E-state index in [0.29, 0.717) is 6.61 Å². The molecule has 1 N–H and O–H groups in total. The summed E-state index contributed by atoms with van der Waals surface area (Å²) in [5.41, 5.74) is 1.10. The zero-order valence-electron chi connectivity index (χ0n) is 8.38. The molecule has 1 atom stereocenters. The van der Waals surface area contributed by atoms with Crippen molar-refractivity contribution in [2.75, 3.05) is 13.2 Å². The number of hydrogen-bond acceptors (Lipinski definition) is 3. The van der Waals surface area contributed by atoms with Gasteiger partial charge in [-0.1, -0.05) is 0 Å². The van der Waals surface area contributed by atoms with Gasteiger partial charge in [0.05, 0.1) is 21.3 Å². The number of halogens is 1. The molecule has 1 aliphatic heterocycles. The Morgan fingerprint density at radius 2 is 2.53 bits per heavy atom. The van der Waals surface area contributed by atoms with E-state index in [1.807, 2.05) is 13.0 Å². The molecule has 0 saturated carbocycles. The van der Waals surface area contributed by atoms with Crippen LogP contribution in [-0.2, 0) is 4.74 Å². The second kappa shape index (κ2) is 4.63. The first-order valence-corrected chi connectivity index (χ1v) is 6.42. The molecule has 1 aromatic heterocycles. The standard InChI is InChI=1S/C10H12BrNO2S/c1-6-4-8(15-9(6)11)10(13)12-7-2-3-14-5-7/h4,7H,2-3,5H2,1H3,(H,12,13). The smallest absolute Gasteiger partial charge is 0.261 e. The Hall–Kier alpha value is -0.390. The molecule has 0 radical (unpaired) electrons. The lowest BCUT2D eigenvalue weighted by molar-refractivity contribution is 0.0934. The predicted molar refractivity (Wildman–Crippen MR) is 63.4 cm³/mol. The lowest BCUT2D eigenvalue weighted by atomic mass is 10.2. The second-order valence-corrected chi connectivity index (χ2v) is 5.97. The van der Waals surface area contributed by atoms with Gasteiger partial charge in [0.1, 0.15) is 0 Å². The van der Waals surface area contributed by atoms with Crippen LogP contribution in [0.1, 0.15) is 21.7 Å². The molecule has 1 aliphatic rings. The molecule has 82 valence electrons. The van der Waals surface area contributed by atoms with Gasteiger partial charge in [-0.05, 0) is 40.9 Å². The van der Waals surface area contributed by atoms with Crippen molar-refractivity contribution >= 4 is 33.2 Å². The van der Waals surface area contributed by atoms with Crippen molar-refractivity contribution in [1.82, 2.24) is 5.32 Å². The minimum Gasteiger partial charge on any atom is -0.379 e. The highest BCUT2D eigenvalue weighted by Gasteiger charge is 2.19. The monoisotopic (exact) mass is 289 g/mol. The summed E-state index contributed by atoms with van der Waals surface area (Å²) in [4.78, 5) is 12.5. The summed E-state index contributed by atoms with van der Waals surface area (Å²) in [7, 11) is 0. The van der Waals surface area contributed by atoms with Gasteiger partial charge in [-0.3, -0.25) is 4.79 Å². The summed E-state index contributed by atoms with van der Waals surface area (Å²) in [6.07, 6.45) is 0.914. The molecule has 1 saturated heterocycles. The van der Waals surface area contributed by atoms with E-state index in [1.54, 1.807) is 0 Å². The highest BCUT2D eigenvalue weighted by atomic mass is 79.9. The largest absolute Gasteiger partial charge is 0.379 e. The maximum absolute atomic E-state index is 11.8. The average molecular weight is 290 g/mol. The van der Waals surface area contributed by atoms with Crippen molar-refractivity contribution in [2.45, 2.75) is 19.4 Å². The lowest BCUT2D eigenvalue weighted by Gasteiger charge is -2.08. The first-order valence-electron chi connectivity index (χ1n) is 4.81. The molecule has 2 heterocycles. The van der Waals surface area contributed by atoms with Gasteiger partial charge in [-0.25, -0.2) is 0 Å². The first kappa shape index (κ1) is 11.1. The van der Waals surface area contributed by atoms with Gasteiger partial charge in [-0.2, -0.15) is 0 Å². The molecular weight excluding hydrogens is 278 g/mol. The fourth-order valence-corrected chi connectivity index (χ4v) is 2.91. The minimum atomic E-state index is 0.00398. The fourth-order valence-electron chi connectivity index (χ4n) is 1.48. The predicted octanol–water partition coefficient (Wildman–Crippen LogP) is 2.34. The van der Waals surface area contributed by atoms with Gasteiger partial charge in [0.15, 0.2) is 0 Å². The molecule has 0 aromatic carbocycles. The third-order valence-corrected chi connectivity index (χ3v) is 4.48. The SMILES string of the molecule is Cc1cc(C(=O)NC2CCOC2)sc1Br. The van der Waals surface area contributed by atoms with Crippen molar-refractivity contribution in [2.24, 2.45) is 0 Å². The number of carbonyl (C=O) groups is 1. The van der Waals surface area contributed by atoms with Gasteiger partial charge in [0.2, 0.25) is 0 Å². The van der Waals surface area contributed by atoms with Crippen LogP contribution in [0.4, 0.5) is 0 Å². The summed E-state index contributed by atoms with van der Waals surface area (Å²) in [5, 5.41) is 2.96. The summed E-state index contributed by atoms with van der Waals surface area (Å²) >= 11 is 4.88. The van der Waals surface area contributed by atoms with Gasteiger partial charge < -0.3 is 10.1 Å². The number of ether oxygens (including phenoxy) is 1. The first-order chi connectivity index (χ1) is 7.16. The number of nitrogens with one attached hydrogen (secondary N) is 1. The van der Waals surface area contributed by atoms with E-state index in [4.69, 9.17) is 4.74 Å². The van der Waals surface area contributed by atoms with Crippen molar-refractivity contribution in [3.63, 3.8) is 0 Å². The zero-order chi connectivity index (χ0) is 10.8. The molecule has 0 bridgehead atoms. The van der Waals surface area contributed by atoms with Crippen LogP contribution >= 0.6 is 27.3 Å². The summed E-state index contributed by atoms with van der Waals surface area (Å²) in [6.45, 7) is 3.37. The van der Waals surface area contributed by atoms with E-state index < -0.39 is 0 Å². The van der Waals surface area contributed by atoms with Crippen molar-refractivity contribution in [1.29, 1.82) is 0 Å². The topological polar surface area (TPSA) is 38.3 Å². The number of amides is 1. The maximum Gasteiger partial charge on any atom is 0.261 e. The highest BCUT2D eigenvalue weighted by molar-refractivity contribution is 9.11. The van der Waals surface area contributed by atoms with Gasteiger partial charge >= 0.3 is 0 Å². The average Bonchev–Trinajstić information content (AvgIpc) is 2.78. The molecule has 1 fully saturated rings. The molecule has 3 nitrogen and oxygen atoms in total. The van der Waals surface area contributed by atoms with Crippen LogP contribution < -0.4 is 5.32 Å². The number of carbonyl (C=O) groups excluding carboxylic acids is 1. The van der Waals surface area contributed by atoms with Crippen LogP contribution in [0.2, 0.25) is 0 Å². The number of hydrogen-bond donors (Lipinski definition) is 1. The molecule has 5 heteroatoms. The van der Waals surface area contributed by atoms with Gasteiger partial charge in [0, 0.05) is 6.61 Å². The third-order valence-electron chi connectivity index (χ3n) is 2.35. The van der Waals surface area contributed by atoms with Crippen LogP contribution in [0.15, 0.2) is 9.85 Å². The van der Waals surface area contributed by atoms with Crippen molar-refractivity contribution in [3.8, 4) is 0 Å². The second-order valence-electron chi connectivity index (χ2n) is 3.60. The zero-order valence-corrected chi connectivity index (χ0v) is 10.8. The maximum atomic E-state index is 11.8. The Bertz CT molecular complexity index is 352. The van der Waals surface area contributed by atoms with E-state index >= 15 is 0 Å². The lowest BCUT2D eigenvalue weighted by Crippen LogP contribution is -2.34. The Balaban J connectivity index is 2.00. The summed E-state index contributed by atoms with van der Waals surface area (Å²) in [5.74, 6) is 0.00398. The van der Waals surface area contributed by atoms with E-state index in [-0.39, 0.29) is 11.9 Å². The molecule has 2 rings (SSSR count). The quantitative estimate of drug-likeness (QED) is 0.908. The van der Waals surface area contributed by atoms with Crippen LogP contribution in [0, 0.1) is 6.92 Å². The van der Waals surface area contributed by atoms with Crippen LogP contribution in [-0.4, -0.2) is 25.2 Å². The van der Waals surface area contributed by atoms with Gasteiger partial charge in [-0.15, -0.1) is 11.3 Å². The van der Waals surface area contributed by atoms with Crippen LogP contribution in [0.3, 0.4) is 0 Å². The van der Waals surface area contributed by atoms with Crippen molar-refractivity contribution in [3.05, 3.63) is 20.3 Å². The molecule has 15 heavy (non-hydrogen) atoms. The molecule has 1 aromatic rings. The fraction of sp³-hybridized carbons (Fsp3) is 0.500. The van der Waals surface area contributed by atoms with E-state index in [1.165, 1.54) is 11.3 Å². The molecule has 1 unspecified atom stereocenters. The van der Waals surface area contributed by atoms with E-state index in [9.17, 15) is 4.79 Å². The Kier molecular flexibility index (Phi) is 3.43. The molecule has 0 aliphatic carbocycles. The number of rotatable bonds is 2. The Morgan fingerprint density at radius 1 is 1.73 bits per heavy atom. The third kappa shape index (κ3) is 2.59. The summed E-state index contributed by atoms with van der Waals surface area (Å²) < 4.78 is 6.23. The van der Waals surface area contributed by atoms with Gasteiger partial charge in [0.25, 0.3) is 5.91 Å². The molecule has 0 spiro atoms. The normalized spacial score (nSPS) is 20.5. The Morgan fingerprint density at radius 3 is 3.07 bits per heavy atom. The summed E-state index contributed by atoms with van der Waals surface area (Å²) in [6, 6.07) is 2.08.